The molecule has 0 spiro atoms. The number of thioether (sulfide) groups is 1. The van der Waals surface area contributed by atoms with E-state index in [4.69, 9.17) is 21.1 Å². The van der Waals surface area contributed by atoms with Crippen molar-refractivity contribution in [2.45, 2.75) is 19.3 Å². The number of benzene rings is 3. The molecule has 172 valence electrons. The summed E-state index contributed by atoms with van der Waals surface area (Å²) in [6.45, 7) is 2.44. The van der Waals surface area contributed by atoms with E-state index in [0.29, 0.717) is 28.9 Å². The maximum absolute atomic E-state index is 12.1. The zero-order chi connectivity index (χ0) is 23.6. The molecule has 8 heteroatoms. The standard InChI is InChI=1S/C25H24BrClN2O3S/c1-17-5-3-4-6-20(17)15-33-16-24(30)29-28-13-19-11-22(26)25(23(12-19)31-2)32-14-18-7-9-21(27)10-8-18/h3-13H,14-16H2,1-2H3,(H,29,30)/b28-13-. The molecule has 1 amide bonds. The molecule has 0 fully saturated rings. The number of rotatable bonds is 10. The highest BCUT2D eigenvalue weighted by molar-refractivity contribution is 9.10. The van der Waals surface area contributed by atoms with Gasteiger partial charge in [-0.2, -0.15) is 5.10 Å². The molecule has 0 aliphatic carbocycles. The molecule has 1 N–H and O–H groups in total. The van der Waals surface area contributed by atoms with Gasteiger partial charge in [-0.15, -0.1) is 11.8 Å². The Kier molecular flexibility index (Phi) is 9.66. The van der Waals surface area contributed by atoms with Crippen LogP contribution in [0.2, 0.25) is 5.02 Å². The molecule has 0 atom stereocenters. The Bertz CT molecular complexity index is 1120. The summed E-state index contributed by atoms with van der Waals surface area (Å²) in [6, 6.07) is 19.3. The van der Waals surface area contributed by atoms with Crippen LogP contribution >= 0.6 is 39.3 Å². The lowest BCUT2D eigenvalue weighted by Crippen LogP contribution is -2.19. The van der Waals surface area contributed by atoms with Crippen LogP contribution in [0.5, 0.6) is 11.5 Å². The first-order chi connectivity index (χ1) is 16.0. The van der Waals surface area contributed by atoms with E-state index in [0.717, 1.165) is 21.4 Å². The van der Waals surface area contributed by atoms with Gasteiger partial charge in [0.05, 0.1) is 23.5 Å². The first kappa shape index (κ1) is 25.1. The number of nitrogens with zero attached hydrogens (tertiary/aromatic N) is 1. The first-order valence-corrected chi connectivity index (χ1v) is 12.5. The number of carbonyl (C=O) groups excluding carboxylic acids is 1. The fourth-order valence-electron chi connectivity index (χ4n) is 2.93. The van der Waals surface area contributed by atoms with E-state index < -0.39 is 0 Å². The molecule has 3 rings (SSSR count). The van der Waals surface area contributed by atoms with E-state index in [9.17, 15) is 4.79 Å². The average molecular weight is 548 g/mol. The van der Waals surface area contributed by atoms with Gasteiger partial charge < -0.3 is 9.47 Å². The average Bonchev–Trinajstić information content (AvgIpc) is 2.80. The molecule has 0 saturated carbocycles. The molecule has 0 aromatic heterocycles. The molecule has 0 aliphatic rings. The SMILES string of the molecule is COc1cc(/C=N\NC(=O)CSCc2ccccc2C)cc(Br)c1OCc1ccc(Cl)cc1. The van der Waals surface area contributed by atoms with E-state index in [2.05, 4.69) is 45.5 Å². The van der Waals surface area contributed by atoms with Crippen LogP contribution < -0.4 is 14.9 Å². The molecule has 0 radical (unpaired) electrons. The summed E-state index contributed by atoms with van der Waals surface area (Å²) in [5, 5.41) is 4.74. The van der Waals surface area contributed by atoms with Crippen LogP contribution in [-0.2, 0) is 17.2 Å². The molecule has 3 aromatic rings. The second-order valence-corrected chi connectivity index (χ2v) is 9.44. The summed E-state index contributed by atoms with van der Waals surface area (Å²) in [7, 11) is 1.57. The van der Waals surface area contributed by atoms with Crippen LogP contribution in [0.15, 0.2) is 70.2 Å². The number of methoxy groups -OCH3 is 1. The summed E-state index contributed by atoms with van der Waals surface area (Å²) in [5.41, 5.74) is 6.77. The Labute approximate surface area is 211 Å². The summed E-state index contributed by atoms with van der Waals surface area (Å²) in [6.07, 6.45) is 1.57. The third-order valence-corrected chi connectivity index (χ3v) is 6.53. The molecule has 0 unspecified atom stereocenters. The van der Waals surface area contributed by atoms with E-state index in [1.54, 1.807) is 31.2 Å². The molecule has 3 aromatic carbocycles. The second kappa shape index (κ2) is 12.7. The zero-order valence-electron chi connectivity index (χ0n) is 18.3. The summed E-state index contributed by atoms with van der Waals surface area (Å²) >= 11 is 11.0. The van der Waals surface area contributed by atoms with Crippen molar-refractivity contribution >= 4 is 51.4 Å². The van der Waals surface area contributed by atoms with Gasteiger partial charge in [0.1, 0.15) is 6.61 Å². The number of ether oxygens (including phenoxy) is 2. The van der Waals surface area contributed by atoms with Crippen molar-refractivity contribution in [2.24, 2.45) is 5.10 Å². The highest BCUT2D eigenvalue weighted by atomic mass is 79.9. The summed E-state index contributed by atoms with van der Waals surface area (Å²) < 4.78 is 12.1. The van der Waals surface area contributed by atoms with Crippen molar-refractivity contribution in [1.82, 2.24) is 5.43 Å². The highest BCUT2D eigenvalue weighted by Gasteiger charge is 2.12. The van der Waals surface area contributed by atoms with Crippen molar-refractivity contribution in [3.8, 4) is 11.5 Å². The van der Waals surface area contributed by atoms with Gasteiger partial charge in [0.25, 0.3) is 0 Å². The van der Waals surface area contributed by atoms with Crippen molar-refractivity contribution in [1.29, 1.82) is 0 Å². The van der Waals surface area contributed by atoms with Crippen LogP contribution in [-0.4, -0.2) is 25.0 Å². The van der Waals surface area contributed by atoms with Gasteiger partial charge in [-0.05, 0) is 69.4 Å². The first-order valence-electron chi connectivity index (χ1n) is 10.1. The molecule has 5 nitrogen and oxygen atoms in total. The number of carbonyl (C=O) groups is 1. The lowest BCUT2D eigenvalue weighted by Gasteiger charge is -2.13. The zero-order valence-corrected chi connectivity index (χ0v) is 21.5. The van der Waals surface area contributed by atoms with Gasteiger partial charge in [0.15, 0.2) is 11.5 Å². The molecular formula is C25H24BrClN2O3S. The minimum atomic E-state index is -0.154. The Hall–Kier alpha value is -2.48. The minimum Gasteiger partial charge on any atom is -0.493 e. The van der Waals surface area contributed by atoms with Crippen LogP contribution in [0.1, 0.15) is 22.3 Å². The van der Waals surface area contributed by atoms with Crippen LogP contribution in [0.25, 0.3) is 0 Å². The highest BCUT2D eigenvalue weighted by Crippen LogP contribution is 2.37. The van der Waals surface area contributed by atoms with Crippen molar-refractivity contribution in [3.63, 3.8) is 0 Å². The Morgan fingerprint density at radius 2 is 1.94 bits per heavy atom. The number of hydrogen-bond donors (Lipinski definition) is 1. The fourth-order valence-corrected chi connectivity index (χ4v) is 4.52. The van der Waals surface area contributed by atoms with Crippen LogP contribution in [0.3, 0.4) is 0 Å². The molecule has 33 heavy (non-hydrogen) atoms. The quantitative estimate of drug-likeness (QED) is 0.236. The van der Waals surface area contributed by atoms with Gasteiger partial charge in [-0.3, -0.25) is 4.79 Å². The Morgan fingerprint density at radius 1 is 1.18 bits per heavy atom. The monoisotopic (exact) mass is 546 g/mol. The fraction of sp³-hybridized carbons (Fsp3) is 0.200. The summed E-state index contributed by atoms with van der Waals surface area (Å²) in [5.74, 6) is 2.10. The van der Waals surface area contributed by atoms with Crippen molar-refractivity contribution < 1.29 is 14.3 Å². The number of halogens is 2. The number of hydrogen-bond acceptors (Lipinski definition) is 5. The van der Waals surface area contributed by atoms with Gasteiger partial charge >= 0.3 is 0 Å². The molecule has 0 bridgehead atoms. The number of nitrogens with one attached hydrogen (secondary N) is 1. The number of hydrazone groups is 1. The smallest absolute Gasteiger partial charge is 0.250 e. The molecule has 0 aliphatic heterocycles. The molecular weight excluding hydrogens is 524 g/mol. The lowest BCUT2D eigenvalue weighted by atomic mass is 10.1. The van der Waals surface area contributed by atoms with Gasteiger partial charge in [-0.25, -0.2) is 5.43 Å². The number of aryl methyl sites for hydroxylation is 1. The minimum absolute atomic E-state index is 0.154. The van der Waals surface area contributed by atoms with E-state index in [1.165, 1.54) is 11.1 Å². The maximum atomic E-state index is 12.1. The Balaban J connectivity index is 1.53. The summed E-state index contributed by atoms with van der Waals surface area (Å²) in [4.78, 5) is 12.1. The normalized spacial score (nSPS) is 10.9. The molecule has 0 heterocycles. The topological polar surface area (TPSA) is 59.9 Å². The van der Waals surface area contributed by atoms with Crippen molar-refractivity contribution in [3.05, 3.63) is 92.4 Å². The third-order valence-electron chi connectivity index (χ3n) is 4.70. The van der Waals surface area contributed by atoms with Crippen LogP contribution in [0, 0.1) is 6.92 Å². The predicted molar refractivity (Wildman–Crippen MR) is 140 cm³/mol. The second-order valence-electron chi connectivity index (χ2n) is 7.16. The van der Waals surface area contributed by atoms with E-state index >= 15 is 0 Å². The third kappa shape index (κ3) is 7.81. The largest absolute Gasteiger partial charge is 0.493 e. The van der Waals surface area contributed by atoms with Gasteiger partial charge in [0.2, 0.25) is 5.91 Å². The molecule has 0 saturated heterocycles. The van der Waals surface area contributed by atoms with Gasteiger partial charge in [0, 0.05) is 10.8 Å². The van der Waals surface area contributed by atoms with E-state index in [1.807, 2.05) is 42.5 Å². The number of amides is 1. The predicted octanol–water partition coefficient (Wildman–Crippen LogP) is 6.38. The Morgan fingerprint density at radius 3 is 2.67 bits per heavy atom. The van der Waals surface area contributed by atoms with Crippen LogP contribution in [0.4, 0.5) is 0 Å². The van der Waals surface area contributed by atoms with Gasteiger partial charge in [-0.1, -0.05) is 48.0 Å². The van der Waals surface area contributed by atoms with E-state index in [-0.39, 0.29) is 5.91 Å². The lowest BCUT2D eigenvalue weighted by molar-refractivity contribution is -0.118. The maximum Gasteiger partial charge on any atom is 0.250 e. The van der Waals surface area contributed by atoms with Crippen molar-refractivity contribution in [2.75, 3.05) is 12.9 Å².